The molecule has 1 saturated heterocycles. The Kier molecular flexibility index (Phi) is 4.28. The molecule has 0 N–H and O–H groups in total. The monoisotopic (exact) mass is 438 g/mol. The molecule has 1 aliphatic heterocycles. The minimum Gasteiger partial charge on any atom is -0.272 e. The number of azide groups is 1. The summed E-state index contributed by atoms with van der Waals surface area (Å²) in [6, 6.07) is 7.87. The quantitative estimate of drug-likeness (QED) is 0.310. The number of halogens is 1. The van der Waals surface area contributed by atoms with E-state index in [4.69, 9.17) is 5.53 Å². The van der Waals surface area contributed by atoms with E-state index in [0.717, 1.165) is 30.0 Å². The van der Waals surface area contributed by atoms with E-state index in [9.17, 15) is 13.2 Å². The second kappa shape index (κ2) is 6.25. The van der Waals surface area contributed by atoms with Gasteiger partial charge in [-0.05, 0) is 42.7 Å². The summed E-state index contributed by atoms with van der Waals surface area (Å²) in [5, 5.41) is 3.76. The molecule has 2 bridgehead atoms. The number of sulfonamides is 1. The molecule has 2 aliphatic carbocycles. The highest BCUT2D eigenvalue weighted by atomic mass is 79.9. The van der Waals surface area contributed by atoms with Crippen LogP contribution in [-0.4, -0.2) is 35.3 Å². The van der Waals surface area contributed by atoms with Crippen molar-refractivity contribution >= 4 is 31.9 Å². The Hall–Kier alpha value is -1.57. The molecular weight excluding hydrogens is 420 g/mol. The van der Waals surface area contributed by atoms with Gasteiger partial charge < -0.3 is 0 Å². The van der Waals surface area contributed by atoms with E-state index < -0.39 is 26.8 Å². The van der Waals surface area contributed by atoms with Crippen molar-refractivity contribution in [3.05, 3.63) is 46.3 Å². The van der Waals surface area contributed by atoms with Crippen LogP contribution in [0.1, 0.15) is 37.3 Å². The molecular formula is C17H19BrN4O3S. The van der Waals surface area contributed by atoms with Crippen molar-refractivity contribution < 1.29 is 13.2 Å². The van der Waals surface area contributed by atoms with Crippen molar-refractivity contribution in [1.29, 1.82) is 0 Å². The average molecular weight is 439 g/mol. The number of carbonyl (C=O) groups excluding carboxylic acids is 1. The second-order valence-corrected chi connectivity index (χ2v) is 10.4. The molecule has 1 aromatic carbocycles. The van der Waals surface area contributed by atoms with E-state index in [2.05, 4.69) is 26.0 Å². The van der Waals surface area contributed by atoms with Crippen LogP contribution < -0.4 is 0 Å². The molecule has 1 heterocycles. The summed E-state index contributed by atoms with van der Waals surface area (Å²) in [5.41, 5.74) is 9.32. The number of fused-ring (bicyclic) bond motifs is 1. The molecule has 1 aromatic rings. The van der Waals surface area contributed by atoms with Crippen LogP contribution in [0, 0.1) is 11.3 Å². The predicted octanol–water partition coefficient (Wildman–Crippen LogP) is 3.53. The van der Waals surface area contributed by atoms with E-state index in [1.54, 1.807) is 24.3 Å². The zero-order chi connectivity index (χ0) is 18.5. The molecule has 3 unspecified atom stereocenters. The second-order valence-electron chi connectivity index (χ2n) is 7.58. The Balaban J connectivity index is 1.67. The van der Waals surface area contributed by atoms with Gasteiger partial charge in [-0.1, -0.05) is 51.4 Å². The molecule has 0 aromatic heterocycles. The van der Waals surface area contributed by atoms with Crippen molar-refractivity contribution in [2.75, 3.05) is 5.75 Å². The van der Waals surface area contributed by atoms with Gasteiger partial charge in [-0.3, -0.25) is 4.79 Å². The van der Waals surface area contributed by atoms with E-state index in [0.29, 0.717) is 11.5 Å². The smallest absolute Gasteiger partial charge is 0.250 e. The standard InChI is InChI=1S/C17H19BrN4O3S/c18-14(15(20-21-19)12-4-2-1-3-5-12)16(23)22-13-8-11-6-7-17(13,9-11)10-26(22,24)25/h1-5,11,13-15H,6-10H2/t11?,13?,14-,15-,17?/m1/s1. The van der Waals surface area contributed by atoms with Gasteiger partial charge in [0, 0.05) is 10.3 Å². The molecule has 138 valence electrons. The first kappa shape index (κ1) is 17.8. The maximum Gasteiger partial charge on any atom is 0.250 e. The minimum atomic E-state index is -3.65. The zero-order valence-corrected chi connectivity index (χ0v) is 16.4. The third-order valence-corrected chi connectivity index (χ3v) is 8.98. The Morgan fingerprint density at radius 1 is 1.38 bits per heavy atom. The molecule has 1 spiro atoms. The molecule has 26 heavy (non-hydrogen) atoms. The first-order valence-electron chi connectivity index (χ1n) is 8.67. The summed E-state index contributed by atoms with van der Waals surface area (Å²) in [6.45, 7) is 0. The van der Waals surface area contributed by atoms with Gasteiger partial charge in [-0.25, -0.2) is 12.7 Å². The normalized spacial score (nSPS) is 33.3. The highest BCUT2D eigenvalue weighted by Gasteiger charge is 2.64. The third-order valence-electron chi connectivity index (χ3n) is 6.11. The molecule has 7 nitrogen and oxygen atoms in total. The number of hydrogen-bond acceptors (Lipinski definition) is 4. The van der Waals surface area contributed by atoms with Gasteiger partial charge in [0.05, 0.1) is 17.8 Å². The molecule has 3 aliphatic rings. The molecule has 4 rings (SSSR count). The van der Waals surface area contributed by atoms with Crippen LogP contribution in [0.15, 0.2) is 35.4 Å². The Morgan fingerprint density at radius 3 is 2.77 bits per heavy atom. The predicted molar refractivity (Wildman–Crippen MR) is 99.9 cm³/mol. The van der Waals surface area contributed by atoms with Gasteiger partial charge in [0.15, 0.2) is 0 Å². The summed E-state index contributed by atoms with van der Waals surface area (Å²) in [4.78, 5) is 15.1. The van der Waals surface area contributed by atoms with Gasteiger partial charge in [-0.2, -0.15) is 0 Å². The van der Waals surface area contributed by atoms with E-state index in [1.165, 1.54) is 0 Å². The summed E-state index contributed by atoms with van der Waals surface area (Å²) in [6.07, 6.45) is 3.57. The van der Waals surface area contributed by atoms with Crippen molar-refractivity contribution in [1.82, 2.24) is 4.31 Å². The summed E-state index contributed by atoms with van der Waals surface area (Å²) < 4.78 is 26.7. The Bertz CT molecular complexity index is 887. The van der Waals surface area contributed by atoms with Crippen molar-refractivity contribution in [3.63, 3.8) is 0 Å². The van der Waals surface area contributed by atoms with Gasteiger partial charge >= 0.3 is 0 Å². The molecule has 3 fully saturated rings. The van der Waals surface area contributed by atoms with Crippen LogP contribution >= 0.6 is 15.9 Å². The largest absolute Gasteiger partial charge is 0.272 e. The van der Waals surface area contributed by atoms with Gasteiger partial charge in [0.1, 0.15) is 4.83 Å². The Morgan fingerprint density at radius 2 is 2.12 bits per heavy atom. The third kappa shape index (κ3) is 2.64. The number of amides is 1. The van der Waals surface area contributed by atoms with Crippen LogP contribution in [0.5, 0.6) is 0 Å². The lowest BCUT2D eigenvalue weighted by Crippen LogP contribution is -2.46. The van der Waals surface area contributed by atoms with E-state index in [-0.39, 0.29) is 17.2 Å². The van der Waals surface area contributed by atoms with Crippen LogP contribution in [0.4, 0.5) is 0 Å². The molecule has 1 amide bonds. The number of rotatable bonds is 4. The lowest BCUT2D eigenvalue weighted by Gasteiger charge is -2.32. The highest BCUT2D eigenvalue weighted by molar-refractivity contribution is 9.10. The summed E-state index contributed by atoms with van der Waals surface area (Å²) in [7, 11) is -3.65. The van der Waals surface area contributed by atoms with Crippen LogP contribution in [0.3, 0.4) is 0 Å². The first-order valence-corrected chi connectivity index (χ1v) is 11.2. The van der Waals surface area contributed by atoms with Gasteiger partial charge in [-0.15, -0.1) is 0 Å². The topological polar surface area (TPSA) is 103 Å². The van der Waals surface area contributed by atoms with Crippen molar-refractivity contribution in [2.24, 2.45) is 16.4 Å². The van der Waals surface area contributed by atoms with Crippen molar-refractivity contribution in [2.45, 2.75) is 42.6 Å². The SMILES string of the molecule is [N-]=[N+]=N[C@H](c1ccccc1)[C@@H](Br)C(=O)N1C2CC3CCC2(C3)CS1(=O)=O. The fourth-order valence-corrected chi connectivity index (χ4v) is 8.26. The van der Waals surface area contributed by atoms with Gasteiger partial charge in [0.25, 0.3) is 5.91 Å². The number of hydrogen-bond donors (Lipinski definition) is 0. The van der Waals surface area contributed by atoms with E-state index in [1.807, 2.05) is 6.07 Å². The fraction of sp³-hybridized carbons (Fsp3) is 0.588. The maximum absolute atomic E-state index is 13.2. The summed E-state index contributed by atoms with van der Waals surface area (Å²) in [5.74, 6) is 0.0479. The van der Waals surface area contributed by atoms with Crippen LogP contribution in [0.25, 0.3) is 10.4 Å². The number of benzene rings is 1. The first-order chi connectivity index (χ1) is 12.4. The summed E-state index contributed by atoms with van der Waals surface area (Å²) >= 11 is 3.34. The number of alkyl halides is 1. The number of carbonyl (C=O) groups is 1. The zero-order valence-electron chi connectivity index (χ0n) is 14.0. The Labute approximate surface area is 160 Å². The lowest BCUT2D eigenvalue weighted by molar-refractivity contribution is -0.128. The molecule has 5 atom stereocenters. The lowest BCUT2D eigenvalue weighted by atomic mass is 9.81. The highest BCUT2D eigenvalue weighted by Crippen LogP contribution is 2.60. The van der Waals surface area contributed by atoms with Crippen LogP contribution in [-0.2, 0) is 14.8 Å². The van der Waals surface area contributed by atoms with E-state index >= 15 is 0 Å². The van der Waals surface area contributed by atoms with Gasteiger partial charge in [0.2, 0.25) is 10.0 Å². The average Bonchev–Trinajstić information content (AvgIpc) is 3.22. The minimum absolute atomic E-state index is 0.0597. The molecule has 9 heteroatoms. The fourth-order valence-electron chi connectivity index (χ4n) is 5.09. The van der Waals surface area contributed by atoms with Crippen molar-refractivity contribution in [3.8, 4) is 0 Å². The molecule has 2 saturated carbocycles. The number of nitrogens with zero attached hydrogens (tertiary/aromatic N) is 4. The maximum atomic E-state index is 13.2. The molecule has 0 radical (unpaired) electrons. The van der Waals surface area contributed by atoms with Crippen LogP contribution in [0.2, 0.25) is 0 Å².